The van der Waals surface area contributed by atoms with Crippen LogP contribution in [0.2, 0.25) is 10.0 Å². The Morgan fingerprint density at radius 2 is 1.89 bits per heavy atom. The molecule has 0 aliphatic rings. The number of hydrogen-bond donors (Lipinski definition) is 2. The number of furan rings is 1. The molecule has 2 N–H and O–H groups in total. The Hall–Kier alpha value is -2.12. The number of benzene rings is 2. The summed E-state index contributed by atoms with van der Waals surface area (Å²) >= 11 is 20.6. The molecule has 0 radical (unpaired) electrons. The molecule has 4 nitrogen and oxygen atoms in total. The number of hydrogen-bond acceptors (Lipinski definition) is 3. The smallest absolute Gasteiger partial charge is 0.250 e. The summed E-state index contributed by atoms with van der Waals surface area (Å²) in [5, 5.41) is 6.74. The summed E-state index contributed by atoms with van der Waals surface area (Å²) in [6, 6.07) is 16.1. The molecule has 1 aromatic heterocycles. The summed E-state index contributed by atoms with van der Waals surface area (Å²) < 4.78 is 6.55. The molecule has 0 saturated carbocycles. The number of carbonyl (C=O) groups is 1. The molecule has 0 unspecified atom stereocenters. The van der Waals surface area contributed by atoms with Crippen molar-refractivity contribution in [1.82, 2.24) is 5.32 Å². The molecule has 1 heterocycles. The van der Waals surface area contributed by atoms with E-state index in [9.17, 15) is 4.79 Å². The number of nitrogens with one attached hydrogen (secondary N) is 2. The molecule has 0 spiro atoms. The zero-order valence-electron chi connectivity index (χ0n) is 14.2. The van der Waals surface area contributed by atoms with Crippen LogP contribution in [0.1, 0.15) is 5.76 Å². The van der Waals surface area contributed by atoms with Gasteiger partial charge in [0.05, 0.1) is 10.7 Å². The summed E-state index contributed by atoms with van der Waals surface area (Å²) in [4.78, 5) is 12.1. The number of anilines is 1. The minimum absolute atomic E-state index is 0.189. The monoisotopic (exact) mass is 494 g/mol. The van der Waals surface area contributed by atoms with Gasteiger partial charge >= 0.3 is 0 Å². The summed E-state index contributed by atoms with van der Waals surface area (Å²) in [6.07, 6.45) is 2.88. The maximum atomic E-state index is 12.1. The molecule has 0 aliphatic heterocycles. The number of carbonyl (C=O) groups excluding carboxylic acids is 1. The SMILES string of the molecule is O=C(/C=C/c1ccc(-c2ccc(Cl)cc2Cl)o1)NC(=S)Nc1ccccc1Br. The average molecular weight is 496 g/mol. The zero-order chi connectivity index (χ0) is 20.1. The first-order chi connectivity index (χ1) is 13.4. The lowest BCUT2D eigenvalue weighted by Gasteiger charge is -2.09. The Balaban J connectivity index is 1.61. The van der Waals surface area contributed by atoms with Gasteiger partial charge in [-0.05, 0) is 76.7 Å². The van der Waals surface area contributed by atoms with Gasteiger partial charge in [-0.2, -0.15) is 0 Å². The van der Waals surface area contributed by atoms with Gasteiger partial charge in [-0.15, -0.1) is 0 Å². The fourth-order valence-electron chi connectivity index (χ4n) is 2.30. The highest BCUT2D eigenvalue weighted by atomic mass is 79.9. The molecular formula is C20H13BrCl2N2O2S. The van der Waals surface area contributed by atoms with E-state index in [4.69, 9.17) is 39.8 Å². The second-order valence-corrected chi connectivity index (χ2v) is 7.69. The van der Waals surface area contributed by atoms with E-state index in [0.717, 1.165) is 10.2 Å². The molecule has 8 heteroatoms. The molecule has 0 saturated heterocycles. The lowest BCUT2D eigenvalue weighted by atomic mass is 10.2. The van der Waals surface area contributed by atoms with E-state index in [1.165, 1.54) is 6.08 Å². The van der Waals surface area contributed by atoms with Crippen molar-refractivity contribution >= 4 is 74.1 Å². The Morgan fingerprint density at radius 3 is 2.64 bits per heavy atom. The standard InChI is InChI=1S/C20H13BrCl2N2O2S/c21-15-3-1-2-4-17(15)24-20(28)25-19(26)10-7-13-6-9-18(27-13)14-8-5-12(22)11-16(14)23/h1-11H,(H2,24,25,26,28)/b10-7+. The van der Waals surface area contributed by atoms with Gasteiger partial charge in [-0.1, -0.05) is 35.3 Å². The van der Waals surface area contributed by atoms with Crippen LogP contribution in [-0.2, 0) is 4.79 Å². The Kier molecular flexibility index (Phi) is 6.91. The van der Waals surface area contributed by atoms with E-state index in [-0.39, 0.29) is 11.0 Å². The molecule has 142 valence electrons. The van der Waals surface area contributed by atoms with Gasteiger partial charge in [0.25, 0.3) is 0 Å². The first-order valence-corrected chi connectivity index (χ1v) is 9.98. The van der Waals surface area contributed by atoms with Crippen LogP contribution in [0.25, 0.3) is 17.4 Å². The lowest BCUT2D eigenvalue weighted by molar-refractivity contribution is -0.115. The summed E-state index contributed by atoms with van der Waals surface area (Å²) in [7, 11) is 0. The molecule has 0 fully saturated rings. The van der Waals surface area contributed by atoms with Crippen molar-refractivity contribution in [3.63, 3.8) is 0 Å². The van der Waals surface area contributed by atoms with E-state index in [1.807, 2.05) is 24.3 Å². The van der Waals surface area contributed by atoms with Crippen molar-refractivity contribution in [2.45, 2.75) is 0 Å². The fraction of sp³-hybridized carbons (Fsp3) is 0. The van der Waals surface area contributed by atoms with Crippen molar-refractivity contribution < 1.29 is 9.21 Å². The molecule has 0 aliphatic carbocycles. The Labute approximate surface area is 185 Å². The van der Waals surface area contributed by atoms with Crippen LogP contribution in [0.3, 0.4) is 0 Å². The molecule has 28 heavy (non-hydrogen) atoms. The van der Waals surface area contributed by atoms with Gasteiger partial charge in [0.15, 0.2) is 5.11 Å². The number of thiocarbonyl (C=S) groups is 1. The van der Waals surface area contributed by atoms with E-state index in [1.54, 1.807) is 36.4 Å². The van der Waals surface area contributed by atoms with Crippen molar-refractivity contribution in [2.75, 3.05) is 5.32 Å². The number of halogens is 3. The predicted octanol–water partition coefficient (Wildman–Crippen LogP) is 6.54. The fourth-order valence-corrected chi connectivity index (χ4v) is 3.40. The molecule has 2 aromatic carbocycles. The van der Waals surface area contributed by atoms with E-state index < -0.39 is 0 Å². The molecular weight excluding hydrogens is 483 g/mol. The maximum absolute atomic E-state index is 12.1. The van der Waals surface area contributed by atoms with Gasteiger partial charge in [0.2, 0.25) is 5.91 Å². The normalized spacial score (nSPS) is 10.8. The topological polar surface area (TPSA) is 54.3 Å². The zero-order valence-corrected chi connectivity index (χ0v) is 18.1. The van der Waals surface area contributed by atoms with Crippen LogP contribution in [0.4, 0.5) is 5.69 Å². The highest BCUT2D eigenvalue weighted by molar-refractivity contribution is 9.10. The van der Waals surface area contributed by atoms with Crippen LogP contribution in [0.5, 0.6) is 0 Å². The quantitative estimate of drug-likeness (QED) is 0.318. The van der Waals surface area contributed by atoms with Crippen LogP contribution in [0, 0.1) is 0 Å². The first-order valence-electron chi connectivity index (χ1n) is 8.02. The Bertz CT molecular complexity index is 1070. The van der Waals surface area contributed by atoms with Crippen LogP contribution < -0.4 is 10.6 Å². The van der Waals surface area contributed by atoms with Crippen LogP contribution in [-0.4, -0.2) is 11.0 Å². The lowest BCUT2D eigenvalue weighted by Crippen LogP contribution is -2.32. The van der Waals surface area contributed by atoms with E-state index in [2.05, 4.69) is 26.6 Å². The van der Waals surface area contributed by atoms with Gasteiger partial charge in [0.1, 0.15) is 11.5 Å². The third-order valence-corrected chi connectivity index (χ3v) is 5.02. The van der Waals surface area contributed by atoms with Crippen LogP contribution in [0.15, 0.2) is 69.6 Å². The molecule has 3 rings (SSSR count). The van der Waals surface area contributed by atoms with E-state index in [0.29, 0.717) is 27.1 Å². The van der Waals surface area contributed by atoms with Gasteiger partial charge < -0.3 is 9.73 Å². The number of amides is 1. The minimum Gasteiger partial charge on any atom is -0.457 e. The molecule has 0 atom stereocenters. The molecule has 0 bridgehead atoms. The largest absolute Gasteiger partial charge is 0.457 e. The van der Waals surface area contributed by atoms with Gasteiger partial charge in [0, 0.05) is 21.1 Å². The second-order valence-electron chi connectivity index (χ2n) is 5.58. The maximum Gasteiger partial charge on any atom is 0.250 e. The number of para-hydroxylation sites is 1. The van der Waals surface area contributed by atoms with Crippen LogP contribution >= 0.6 is 51.3 Å². The third kappa shape index (κ3) is 5.45. The average Bonchev–Trinajstić information content (AvgIpc) is 3.10. The summed E-state index contributed by atoms with van der Waals surface area (Å²) in [5.74, 6) is 0.695. The highest BCUT2D eigenvalue weighted by Gasteiger charge is 2.09. The molecule has 3 aromatic rings. The summed E-state index contributed by atoms with van der Waals surface area (Å²) in [5.41, 5.74) is 1.47. The first kappa shape index (κ1) is 20.6. The van der Waals surface area contributed by atoms with Gasteiger partial charge in [-0.3, -0.25) is 10.1 Å². The highest BCUT2D eigenvalue weighted by Crippen LogP contribution is 2.31. The van der Waals surface area contributed by atoms with Crippen molar-refractivity contribution in [3.8, 4) is 11.3 Å². The summed E-state index contributed by atoms with van der Waals surface area (Å²) in [6.45, 7) is 0. The molecule has 1 amide bonds. The van der Waals surface area contributed by atoms with Gasteiger partial charge in [-0.25, -0.2) is 0 Å². The van der Waals surface area contributed by atoms with Crippen molar-refractivity contribution in [1.29, 1.82) is 0 Å². The Morgan fingerprint density at radius 1 is 1.11 bits per heavy atom. The minimum atomic E-state index is -0.382. The van der Waals surface area contributed by atoms with Crippen molar-refractivity contribution in [3.05, 3.63) is 81.0 Å². The number of rotatable bonds is 4. The van der Waals surface area contributed by atoms with E-state index >= 15 is 0 Å². The second kappa shape index (κ2) is 9.39. The third-order valence-electron chi connectivity index (χ3n) is 3.58. The van der Waals surface area contributed by atoms with Crippen molar-refractivity contribution in [2.24, 2.45) is 0 Å². The predicted molar refractivity (Wildman–Crippen MR) is 122 cm³/mol.